The van der Waals surface area contributed by atoms with E-state index in [1.807, 2.05) is 18.2 Å². The first-order chi connectivity index (χ1) is 12.7. The van der Waals surface area contributed by atoms with Crippen LogP contribution in [0.4, 0.5) is 0 Å². The zero-order chi connectivity index (χ0) is 18.6. The highest BCUT2D eigenvalue weighted by Crippen LogP contribution is 2.21. The number of benzene rings is 1. The Morgan fingerprint density at radius 1 is 1.35 bits per heavy atom. The molecule has 1 fully saturated rings. The molecule has 0 aromatic heterocycles. The summed E-state index contributed by atoms with van der Waals surface area (Å²) in [5, 5.41) is 7.33. The van der Waals surface area contributed by atoms with Crippen molar-refractivity contribution in [3.05, 3.63) is 33.3 Å². The molecule has 146 valence electrons. The predicted molar refractivity (Wildman–Crippen MR) is 111 cm³/mol. The molecule has 1 heterocycles. The van der Waals surface area contributed by atoms with Gasteiger partial charge in [0.1, 0.15) is 0 Å². The SMILES string of the molecule is CCNC(=NCc1ccc(Br)cc1Cl)NCCCOCC1CCOCC1. The third-order valence-electron chi connectivity index (χ3n) is 4.22. The van der Waals surface area contributed by atoms with Crippen LogP contribution in [0.5, 0.6) is 0 Å². The first kappa shape index (κ1) is 21.5. The second-order valence-electron chi connectivity index (χ2n) is 6.34. The molecule has 7 heteroatoms. The van der Waals surface area contributed by atoms with Gasteiger partial charge in [-0.15, -0.1) is 0 Å². The molecule has 1 aliphatic rings. The molecule has 1 saturated heterocycles. The Hall–Kier alpha value is -0.820. The van der Waals surface area contributed by atoms with E-state index in [9.17, 15) is 0 Å². The molecule has 1 aliphatic heterocycles. The van der Waals surface area contributed by atoms with Crippen molar-refractivity contribution in [1.82, 2.24) is 10.6 Å². The van der Waals surface area contributed by atoms with E-state index in [2.05, 4.69) is 38.5 Å². The lowest BCUT2D eigenvalue weighted by atomic mass is 10.0. The molecule has 1 aromatic carbocycles. The monoisotopic (exact) mass is 445 g/mol. The molecule has 0 radical (unpaired) electrons. The number of guanidine groups is 1. The van der Waals surface area contributed by atoms with Gasteiger partial charge >= 0.3 is 0 Å². The number of nitrogens with one attached hydrogen (secondary N) is 2. The van der Waals surface area contributed by atoms with E-state index >= 15 is 0 Å². The maximum Gasteiger partial charge on any atom is 0.191 e. The van der Waals surface area contributed by atoms with E-state index in [-0.39, 0.29) is 0 Å². The Kier molecular flexibility index (Phi) is 10.4. The van der Waals surface area contributed by atoms with Gasteiger partial charge < -0.3 is 20.1 Å². The van der Waals surface area contributed by atoms with Gasteiger partial charge in [0.2, 0.25) is 0 Å². The van der Waals surface area contributed by atoms with Gasteiger partial charge in [0.05, 0.1) is 6.54 Å². The lowest BCUT2D eigenvalue weighted by Gasteiger charge is -2.21. The fourth-order valence-electron chi connectivity index (χ4n) is 2.70. The van der Waals surface area contributed by atoms with E-state index in [4.69, 9.17) is 21.1 Å². The maximum absolute atomic E-state index is 6.25. The van der Waals surface area contributed by atoms with Gasteiger partial charge in [-0.1, -0.05) is 33.6 Å². The average Bonchev–Trinajstić information content (AvgIpc) is 2.64. The van der Waals surface area contributed by atoms with E-state index in [1.165, 1.54) is 0 Å². The highest BCUT2D eigenvalue weighted by atomic mass is 79.9. The summed E-state index contributed by atoms with van der Waals surface area (Å²) in [6.45, 7) is 7.61. The summed E-state index contributed by atoms with van der Waals surface area (Å²) in [6.07, 6.45) is 3.19. The quantitative estimate of drug-likeness (QED) is 0.342. The summed E-state index contributed by atoms with van der Waals surface area (Å²) in [5.74, 6) is 1.46. The van der Waals surface area contributed by atoms with Crippen molar-refractivity contribution in [3.8, 4) is 0 Å². The normalized spacial score (nSPS) is 15.9. The minimum absolute atomic E-state index is 0.543. The molecule has 0 unspecified atom stereocenters. The molecule has 2 N–H and O–H groups in total. The second-order valence-corrected chi connectivity index (χ2v) is 7.66. The Morgan fingerprint density at radius 3 is 2.88 bits per heavy atom. The molecule has 0 spiro atoms. The van der Waals surface area contributed by atoms with Crippen LogP contribution in [0.15, 0.2) is 27.7 Å². The topological polar surface area (TPSA) is 54.9 Å². The molecule has 5 nitrogen and oxygen atoms in total. The average molecular weight is 447 g/mol. The number of aliphatic imine (C=N–C) groups is 1. The van der Waals surface area contributed by atoms with Gasteiger partial charge in [0, 0.05) is 49.0 Å². The van der Waals surface area contributed by atoms with Crippen LogP contribution >= 0.6 is 27.5 Å². The van der Waals surface area contributed by atoms with E-state index < -0.39 is 0 Å². The fraction of sp³-hybridized carbons (Fsp3) is 0.632. The summed E-state index contributed by atoms with van der Waals surface area (Å²) >= 11 is 9.67. The van der Waals surface area contributed by atoms with Crippen molar-refractivity contribution in [2.75, 3.05) is 39.5 Å². The van der Waals surface area contributed by atoms with Gasteiger partial charge in [-0.05, 0) is 49.8 Å². The maximum atomic E-state index is 6.25. The molecule has 0 amide bonds. The van der Waals surface area contributed by atoms with Crippen molar-refractivity contribution in [3.63, 3.8) is 0 Å². The molecule has 0 bridgehead atoms. The third-order valence-corrected chi connectivity index (χ3v) is 5.06. The minimum Gasteiger partial charge on any atom is -0.381 e. The Balaban J connectivity index is 1.66. The van der Waals surface area contributed by atoms with Crippen LogP contribution < -0.4 is 10.6 Å². The zero-order valence-electron chi connectivity index (χ0n) is 15.4. The number of nitrogens with zero attached hydrogens (tertiary/aromatic N) is 1. The standard InChI is InChI=1S/C19H29BrClN3O2/c1-2-22-19(24-13-16-4-5-17(20)12-18(16)21)23-8-3-9-26-14-15-6-10-25-11-7-15/h4-5,12,15H,2-3,6-11,13-14H2,1H3,(H2,22,23,24). The van der Waals surface area contributed by atoms with Crippen molar-refractivity contribution in [1.29, 1.82) is 0 Å². The van der Waals surface area contributed by atoms with Crippen LogP contribution in [0.25, 0.3) is 0 Å². The van der Waals surface area contributed by atoms with Gasteiger partial charge in [-0.3, -0.25) is 0 Å². The van der Waals surface area contributed by atoms with Gasteiger partial charge in [-0.2, -0.15) is 0 Å². The first-order valence-corrected chi connectivity index (χ1v) is 10.5. The molecular weight excluding hydrogens is 418 g/mol. The van der Waals surface area contributed by atoms with Crippen LogP contribution in [-0.4, -0.2) is 45.5 Å². The Labute approximate surface area is 170 Å². The van der Waals surface area contributed by atoms with Crippen molar-refractivity contribution in [2.45, 2.75) is 32.7 Å². The molecule has 2 rings (SSSR count). The largest absolute Gasteiger partial charge is 0.381 e. The smallest absolute Gasteiger partial charge is 0.191 e. The minimum atomic E-state index is 0.543. The summed E-state index contributed by atoms with van der Waals surface area (Å²) < 4.78 is 12.1. The zero-order valence-corrected chi connectivity index (χ0v) is 17.7. The summed E-state index contributed by atoms with van der Waals surface area (Å²) in [7, 11) is 0. The summed E-state index contributed by atoms with van der Waals surface area (Å²) in [5.41, 5.74) is 1.01. The van der Waals surface area contributed by atoms with Gasteiger partial charge in [-0.25, -0.2) is 4.99 Å². The molecule has 0 atom stereocenters. The van der Waals surface area contributed by atoms with Crippen LogP contribution in [0.1, 0.15) is 31.7 Å². The van der Waals surface area contributed by atoms with Crippen molar-refractivity contribution in [2.24, 2.45) is 10.9 Å². The van der Waals surface area contributed by atoms with Crippen LogP contribution in [0, 0.1) is 5.92 Å². The molecule has 26 heavy (non-hydrogen) atoms. The fourth-order valence-corrected chi connectivity index (χ4v) is 3.43. The van der Waals surface area contributed by atoms with E-state index in [0.717, 1.165) is 79.8 Å². The van der Waals surface area contributed by atoms with E-state index in [1.54, 1.807) is 0 Å². The lowest BCUT2D eigenvalue weighted by Crippen LogP contribution is -2.38. The highest BCUT2D eigenvalue weighted by molar-refractivity contribution is 9.10. The Morgan fingerprint density at radius 2 is 2.15 bits per heavy atom. The van der Waals surface area contributed by atoms with Gasteiger partial charge in [0.25, 0.3) is 0 Å². The molecule has 1 aromatic rings. The van der Waals surface area contributed by atoms with E-state index in [0.29, 0.717) is 12.5 Å². The molecule has 0 aliphatic carbocycles. The molecule has 0 saturated carbocycles. The Bertz CT molecular complexity index is 566. The summed E-state index contributed by atoms with van der Waals surface area (Å²) in [6, 6.07) is 5.86. The molecular formula is C19H29BrClN3O2. The van der Waals surface area contributed by atoms with Crippen LogP contribution in [0.3, 0.4) is 0 Å². The number of halogens is 2. The number of hydrogen-bond acceptors (Lipinski definition) is 3. The number of ether oxygens (including phenoxy) is 2. The lowest BCUT2D eigenvalue weighted by molar-refractivity contribution is 0.0203. The number of rotatable bonds is 9. The summed E-state index contributed by atoms with van der Waals surface area (Å²) in [4.78, 5) is 4.61. The van der Waals surface area contributed by atoms with Crippen LogP contribution in [0.2, 0.25) is 5.02 Å². The highest BCUT2D eigenvalue weighted by Gasteiger charge is 2.13. The second kappa shape index (κ2) is 12.5. The van der Waals surface area contributed by atoms with Crippen molar-refractivity contribution < 1.29 is 9.47 Å². The first-order valence-electron chi connectivity index (χ1n) is 9.30. The number of hydrogen-bond donors (Lipinski definition) is 2. The predicted octanol–water partition coefficient (Wildman–Crippen LogP) is 3.99. The third kappa shape index (κ3) is 8.25. The van der Waals surface area contributed by atoms with Crippen LogP contribution in [-0.2, 0) is 16.0 Å². The van der Waals surface area contributed by atoms with Gasteiger partial charge in [0.15, 0.2) is 5.96 Å². The van der Waals surface area contributed by atoms with Crippen molar-refractivity contribution >= 4 is 33.5 Å².